The minimum absolute atomic E-state index is 0.267. The van der Waals surface area contributed by atoms with E-state index < -0.39 is 0 Å². The van der Waals surface area contributed by atoms with E-state index in [0.29, 0.717) is 30.5 Å². The van der Waals surface area contributed by atoms with Gasteiger partial charge < -0.3 is 4.90 Å². The van der Waals surface area contributed by atoms with Crippen molar-refractivity contribution in [2.75, 3.05) is 13.1 Å². The van der Waals surface area contributed by atoms with Crippen molar-refractivity contribution in [3.05, 3.63) is 0 Å². The van der Waals surface area contributed by atoms with Gasteiger partial charge in [-0.2, -0.15) is 0 Å². The SMILES string of the molecule is CC(CN1C(=O)CNC1C1CCCC1)C(C)(C)C. The average Bonchev–Trinajstić information content (AvgIpc) is 2.88. The summed E-state index contributed by atoms with van der Waals surface area (Å²) in [6.07, 6.45) is 5.54. The summed E-state index contributed by atoms with van der Waals surface area (Å²) in [6.45, 7) is 10.5. The quantitative estimate of drug-likeness (QED) is 0.837. The van der Waals surface area contributed by atoms with Crippen LogP contribution in [0.25, 0.3) is 0 Å². The second-order valence-corrected chi connectivity index (χ2v) is 7.18. The standard InChI is InChI=1S/C15H28N2O/c1-11(15(2,3)4)10-17-13(18)9-16-14(17)12-7-5-6-8-12/h11-12,14,16H,5-10H2,1-4H3. The zero-order valence-electron chi connectivity index (χ0n) is 12.3. The van der Waals surface area contributed by atoms with Gasteiger partial charge in [-0.15, -0.1) is 0 Å². The lowest BCUT2D eigenvalue weighted by molar-refractivity contribution is -0.129. The maximum atomic E-state index is 12.1. The molecule has 2 fully saturated rings. The van der Waals surface area contributed by atoms with Gasteiger partial charge in [0.05, 0.1) is 12.7 Å². The van der Waals surface area contributed by atoms with Crippen LogP contribution in [0.5, 0.6) is 0 Å². The van der Waals surface area contributed by atoms with Crippen molar-refractivity contribution < 1.29 is 4.79 Å². The van der Waals surface area contributed by atoms with Crippen LogP contribution >= 0.6 is 0 Å². The molecule has 1 amide bonds. The Balaban J connectivity index is 2.01. The van der Waals surface area contributed by atoms with Crippen LogP contribution in [0, 0.1) is 17.3 Å². The molecule has 2 unspecified atom stereocenters. The normalized spacial score (nSPS) is 28.1. The summed E-state index contributed by atoms with van der Waals surface area (Å²) in [5.74, 6) is 1.51. The molecule has 1 saturated carbocycles. The molecule has 18 heavy (non-hydrogen) atoms. The number of amides is 1. The largest absolute Gasteiger partial charge is 0.325 e. The highest BCUT2D eigenvalue weighted by atomic mass is 16.2. The van der Waals surface area contributed by atoms with E-state index in [9.17, 15) is 4.79 Å². The first-order valence-electron chi connectivity index (χ1n) is 7.42. The number of nitrogens with one attached hydrogen (secondary N) is 1. The van der Waals surface area contributed by atoms with Crippen molar-refractivity contribution in [1.29, 1.82) is 0 Å². The summed E-state index contributed by atoms with van der Waals surface area (Å²) < 4.78 is 0. The fraction of sp³-hybridized carbons (Fsp3) is 0.933. The fourth-order valence-electron chi connectivity index (χ4n) is 3.04. The van der Waals surface area contributed by atoms with Crippen molar-refractivity contribution >= 4 is 5.91 Å². The van der Waals surface area contributed by atoms with Crippen LogP contribution in [-0.2, 0) is 4.79 Å². The van der Waals surface area contributed by atoms with Gasteiger partial charge in [0.25, 0.3) is 0 Å². The molecule has 104 valence electrons. The van der Waals surface area contributed by atoms with E-state index in [1.807, 2.05) is 0 Å². The second-order valence-electron chi connectivity index (χ2n) is 7.18. The third kappa shape index (κ3) is 2.87. The van der Waals surface area contributed by atoms with Crippen molar-refractivity contribution in [3.63, 3.8) is 0 Å². The number of carbonyl (C=O) groups is 1. The van der Waals surface area contributed by atoms with E-state index in [4.69, 9.17) is 0 Å². The van der Waals surface area contributed by atoms with Crippen LogP contribution in [0.2, 0.25) is 0 Å². The first-order valence-corrected chi connectivity index (χ1v) is 7.42. The molecule has 3 nitrogen and oxygen atoms in total. The topological polar surface area (TPSA) is 32.3 Å². The maximum absolute atomic E-state index is 12.1. The van der Waals surface area contributed by atoms with E-state index in [-0.39, 0.29) is 5.41 Å². The Morgan fingerprint density at radius 3 is 2.50 bits per heavy atom. The van der Waals surface area contributed by atoms with Gasteiger partial charge in [0.1, 0.15) is 0 Å². The fourth-order valence-corrected chi connectivity index (χ4v) is 3.04. The molecule has 0 spiro atoms. The average molecular weight is 252 g/mol. The van der Waals surface area contributed by atoms with Gasteiger partial charge in [-0.1, -0.05) is 40.5 Å². The smallest absolute Gasteiger partial charge is 0.237 e. The molecule has 2 rings (SSSR count). The number of hydrogen-bond donors (Lipinski definition) is 1. The van der Waals surface area contributed by atoms with Gasteiger partial charge in [0.2, 0.25) is 5.91 Å². The molecular weight excluding hydrogens is 224 g/mol. The van der Waals surface area contributed by atoms with Crippen molar-refractivity contribution in [2.45, 2.75) is 59.5 Å². The molecule has 2 aliphatic rings. The highest BCUT2D eigenvalue weighted by Gasteiger charge is 2.38. The van der Waals surface area contributed by atoms with Crippen LogP contribution in [0.3, 0.4) is 0 Å². The molecule has 1 aliphatic carbocycles. The van der Waals surface area contributed by atoms with E-state index >= 15 is 0 Å². The lowest BCUT2D eigenvalue weighted by Crippen LogP contribution is -2.45. The third-order valence-corrected chi connectivity index (χ3v) is 4.91. The second kappa shape index (κ2) is 5.20. The first-order chi connectivity index (χ1) is 8.39. The Hall–Kier alpha value is -0.570. The maximum Gasteiger partial charge on any atom is 0.237 e. The molecule has 1 aliphatic heterocycles. The zero-order chi connectivity index (χ0) is 13.3. The first kappa shape index (κ1) is 13.9. The number of rotatable bonds is 3. The molecule has 0 bridgehead atoms. The Labute approximate surface area is 111 Å². The van der Waals surface area contributed by atoms with Gasteiger partial charge in [0, 0.05) is 6.54 Å². The minimum atomic E-state index is 0.267. The molecule has 0 aromatic heterocycles. The van der Waals surface area contributed by atoms with Crippen LogP contribution in [0.1, 0.15) is 53.4 Å². The predicted molar refractivity (Wildman–Crippen MR) is 74.1 cm³/mol. The van der Waals surface area contributed by atoms with E-state index in [2.05, 4.69) is 37.9 Å². The molecule has 1 N–H and O–H groups in total. The van der Waals surface area contributed by atoms with Crippen LogP contribution < -0.4 is 5.32 Å². The van der Waals surface area contributed by atoms with Crippen LogP contribution in [0.15, 0.2) is 0 Å². The molecule has 1 saturated heterocycles. The number of nitrogens with zero attached hydrogens (tertiary/aromatic N) is 1. The summed E-state index contributed by atoms with van der Waals surface area (Å²) >= 11 is 0. The van der Waals surface area contributed by atoms with Crippen LogP contribution in [-0.4, -0.2) is 30.1 Å². The monoisotopic (exact) mass is 252 g/mol. The highest BCUT2D eigenvalue weighted by molar-refractivity contribution is 5.80. The van der Waals surface area contributed by atoms with E-state index in [1.54, 1.807) is 0 Å². The molecule has 1 heterocycles. The molecule has 2 atom stereocenters. The van der Waals surface area contributed by atoms with Crippen molar-refractivity contribution in [1.82, 2.24) is 10.2 Å². The van der Waals surface area contributed by atoms with Gasteiger partial charge in [-0.05, 0) is 30.1 Å². The Kier molecular flexibility index (Phi) is 4.00. The predicted octanol–water partition coefficient (Wildman–Crippen LogP) is 2.62. The summed E-state index contributed by atoms with van der Waals surface area (Å²) in [7, 11) is 0. The molecule has 0 radical (unpaired) electrons. The van der Waals surface area contributed by atoms with Gasteiger partial charge in [-0.25, -0.2) is 0 Å². The highest BCUT2D eigenvalue weighted by Crippen LogP contribution is 2.33. The number of carbonyl (C=O) groups excluding carboxylic acids is 1. The third-order valence-electron chi connectivity index (χ3n) is 4.91. The van der Waals surface area contributed by atoms with Gasteiger partial charge in [-0.3, -0.25) is 10.1 Å². The summed E-state index contributed by atoms with van der Waals surface area (Å²) in [4.78, 5) is 14.2. The molecule has 0 aromatic carbocycles. The van der Waals surface area contributed by atoms with Gasteiger partial charge in [0.15, 0.2) is 0 Å². The van der Waals surface area contributed by atoms with E-state index in [0.717, 1.165) is 6.54 Å². The Morgan fingerprint density at radius 1 is 1.33 bits per heavy atom. The zero-order valence-corrected chi connectivity index (χ0v) is 12.3. The summed E-state index contributed by atoms with van der Waals surface area (Å²) in [6, 6.07) is 0. The van der Waals surface area contributed by atoms with Crippen LogP contribution in [0.4, 0.5) is 0 Å². The van der Waals surface area contributed by atoms with Crippen molar-refractivity contribution in [3.8, 4) is 0 Å². The van der Waals surface area contributed by atoms with Crippen molar-refractivity contribution in [2.24, 2.45) is 17.3 Å². The minimum Gasteiger partial charge on any atom is -0.325 e. The Morgan fingerprint density at radius 2 is 1.94 bits per heavy atom. The lowest BCUT2D eigenvalue weighted by atomic mass is 9.81. The number of hydrogen-bond acceptors (Lipinski definition) is 2. The lowest BCUT2D eigenvalue weighted by Gasteiger charge is -2.35. The van der Waals surface area contributed by atoms with Gasteiger partial charge >= 0.3 is 0 Å². The Bertz CT molecular complexity index is 302. The van der Waals surface area contributed by atoms with E-state index in [1.165, 1.54) is 25.7 Å². The summed E-state index contributed by atoms with van der Waals surface area (Å²) in [5.41, 5.74) is 0.267. The summed E-state index contributed by atoms with van der Waals surface area (Å²) in [5, 5.41) is 3.43. The molecule has 0 aromatic rings. The molecule has 3 heteroatoms. The molecular formula is C15H28N2O.